The lowest BCUT2D eigenvalue weighted by molar-refractivity contribution is -0.115. The van der Waals surface area contributed by atoms with Crippen molar-refractivity contribution in [3.05, 3.63) is 60.4 Å². The molecule has 1 fully saturated rings. The Morgan fingerprint density at radius 3 is 2.59 bits per heavy atom. The van der Waals surface area contributed by atoms with Crippen LogP contribution in [-0.4, -0.2) is 54.5 Å². The number of aromatic nitrogens is 1. The number of likely N-dealkylation sites (tertiary alicyclic amines) is 1. The van der Waals surface area contributed by atoms with Crippen LogP contribution in [0.1, 0.15) is 18.4 Å². The third kappa shape index (κ3) is 7.98. The van der Waals surface area contributed by atoms with Crippen LogP contribution in [0.25, 0.3) is 0 Å². The van der Waals surface area contributed by atoms with E-state index in [1.54, 1.807) is 31.6 Å². The second kappa shape index (κ2) is 12.4. The molecule has 1 aromatic carbocycles. The molecule has 8 heteroatoms. The zero-order valence-electron chi connectivity index (χ0n) is 16.7. The molecule has 3 N–H and O–H groups in total. The van der Waals surface area contributed by atoms with Crippen molar-refractivity contribution >= 4 is 41.5 Å². The smallest absolute Gasteiger partial charge is 0.243 e. The summed E-state index contributed by atoms with van der Waals surface area (Å²) in [6.45, 7) is 3.24. The van der Waals surface area contributed by atoms with Gasteiger partial charge in [-0.05, 0) is 30.5 Å². The SMILES string of the molecule is CN=C(NCC(=O)Nc1cccnc1)NC1CCN(Cc2ccccc2)CC1.I. The number of benzene rings is 1. The molecule has 3 rings (SSSR count). The van der Waals surface area contributed by atoms with Gasteiger partial charge in [-0.3, -0.25) is 19.7 Å². The fourth-order valence-electron chi connectivity index (χ4n) is 3.27. The molecule has 2 aromatic rings. The van der Waals surface area contributed by atoms with E-state index in [9.17, 15) is 4.79 Å². The van der Waals surface area contributed by atoms with Crippen molar-refractivity contribution in [3.8, 4) is 0 Å². The van der Waals surface area contributed by atoms with E-state index in [-0.39, 0.29) is 36.4 Å². The van der Waals surface area contributed by atoms with Crippen LogP contribution in [-0.2, 0) is 11.3 Å². The van der Waals surface area contributed by atoms with E-state index >= 15 is 0 Å². The van der Waals surface area contributed by atoms with E-state index in [1.165, 1.54) is 5.56 Å². The molecule has 0 spiro atoms. The summed E-state index contributed by atoms with van der Waals surface area (Å²) in [6, 6.07) is 14.5. The minimum atomic E-state index is -0.131. The van der Waals surface area contributed by atoms with Gasteiger partial charge in [-0.15, -0.1) is 24.0 Å². The van der Waals surface area contributed by atoms with Gasteiger partial charge in [0, 0.05) is 38.9 Å². The Balaban J connectivity index is 0.00000300. The highest BCUT2D eigenvalue weighted by molar-refractivity contribution is 14.0. The minimum Gasteiger partial charge on any atom is -0.354 e. The predicted octanol–water partition coefficient (Wildman–Crippen LogP) is 2.47. The number of piperidine rings is 1. The quantitative estimate of drug-likeness (QED) is 0.318. The summed E-state index contributed by atoms with van der Waals surface area (Å²) in [4.78, 5) is 22.7. The van der Waals surface area contributed by atoms with E-state index in [0.717, 1.165) is 32.5 Å². The minimum absolute atomic E-state index is 0. The number of nitrogens with one attached hydrogen (secondary N) is 3. The van der Waals surface area contributed by atoms with Crippen LogP contribution < -0.4 is 16.0 Å². The number of rotatable bonds is 6. The maximum atomic E-state index is 12.1. The van der Waals surface area contributed by atoms with E-state index in [4.69, 9.17) is 0 Å². The van der Waals surface area contributed by atoms with Crippen LogP contribution in [0.5, 0.6) is 0 Å². The average molecular weight is 508 g/mol. The average Bonchev–Trinajstić information content (AvgIpc) is 2.74. The molecular formula is C21H29IN6O. The molecule has 7 nitrogen and oxygen atoms in total. The standard InChI is InChI=1S/C21H28N6O.HI/c1-22-21(24-15-20(28)25-19-8-5-11-23-14-19)26-18-9-12-27(13-10-18)16-17-6-3-2-4-7-17;/h2-8,11,14,18H,9-10,12-13,15-16H2,1H3,(H,25,28)(H2,22,24,26);1H. The van der Waals surface area contributed by atoms with Crippen molar-refractivity contribution in [2.24, 2.45) is 4.99 Å². The fraction of sp³-hybridized carbons (Fsp3) is 0.381. The zero-order valence-corrected chi connectivity index (χ0v) is 19.0. The van der Waals surface area contributed by atoms with Crippen molar-refractivity contribution < 1.29 is 4.79 Å². The molecule has 156 valence electrons. The Kier molecular flexibility index (Phi) is 9.85. The highest BCUT2D eigenvalue weighted by Gasteiger charge is 2.20. The summed E-state index contributed by atoms with van der Waals surface area (Å²) in [7, 11) is 1.72. The predicted molar refractivity (Wildman–Crippen MR) is 128 cm³/mol. The molecule has 2 heterocycles. The highest BCUT2D eigenvalue weighted by atomic mass is 127. The summed E-state index contributed by atoms with van der Waals surface area (Å²) in [5, 5.41) is 9.31. The van der Waals surface area contributed by atoms with Gasteiger partial charge < -0.3 is 16.0 Å². The van der Waals surface area contributed by atoms with Crippen molar-refractivity contribution in [1.29, 1.82) is 0 Å². The molecule has 1 saturated heterocycles. The van der Waals surface area contributed by atoms with Gasteiger partial charge >= 0.3 is 0 Å². The van der Waals surface area contributed by atoms with Crippen molar-refractivity contribution in [2.45, 2.75) is 25.4 Å². The number of carbonyl (C=O) groups is 1. The lowest BCUT2D eigenvalue weighted by Crippen LogP contribution is -2.49. The van der Waals surface area contributed by atoms with Crippen molar-refractivity contribution in [1.82, 2.24) is 20.5 Å². The molecule has 1 aliphatic rings. The second-order valence-electron chi connectivity index (χ2n) is 6.90. The van der Waals surface area contributed by atoms with Gasteiger partial charge in [0.05, 0.1) is 18.4 Å². The first-order valence-electron chi connectivity index (χ1n) is 9.66. The Labute approximate surface area is 189 Å². The number of hydrogen-bond acceptors (Lipinski definition) is 4. The van der Waals surface area contributed by atoms with E-state index in [0.29, 0.717) is 17.7 Å². The molecule has 0 bridgehead atoms. The first-order valence-corrected chi connectivity index (χ1v) is 9.66. The summed E-state index contributed by atoms with van der Waals surface area (Å²) in [6.07, 6.45) is 5.39. The number of hydrogen-bond donors (Lipinski definition) is 3. The van der Waals surface area contributed by atoms with Crippen LogP contribution in [0, 0.1) is 0 Å². The highest BCUT2D eigenvalue weighted by Crippen LogP contribution is 2.13. The second-order valence-corrected chi connectivity index (χ2v) is 6.90. The Morgan fingerprint density at radius 1 is 1.17 bits per heavy atom. The van der Waals surface area contributed by atoms with Gasteiger partial charge in [0.15, 0.2) is 5.96 Å². The van der Waals surface area contributed by atoms with Gasteiger partial charge in [0.2, 0.25) is 5.91 Å². The molecular weight excluding hydrogens is 479 g/mol. The molecule has 0 unspecified atom stereocenters. The summed E-state index contributed by atoms with van der Waals surface area (Å²) < 4.78 is 0. The number of nitrogens with zero attached hydrogens (tertiary/aromatic N) is 3. The van der Waals surface area contributed by atoms with Crippen molar-refractivity contribution in [3.63, 3.8) is 0 Å². The summed E-state index contributed by atoms with van der Waals surface area (Å²) in [5.41, 5.74) is 2.04. The maximum absolute atomic E-state index is 12.1. The monoisotopic (exact) mass is 508 g/mol. The maximum Gasteiger partial charge on any atom is 0.243 e. The van der Waals surface area contributed by atoms with Crippen LogP contribution in [0.2, 0.25) is 0 Å². The largest absolute Gasteiger partial charge is 0.354 e. The number of amides is 1. The molecule has 1 aliphatic heterocycles. The first-order chi connectivity index (χ1) is 13.7. The van der Waals surface area contributed by atoms with E-state index in [1.807, 2.05) is 0 Å². The van der Waals surface area contributed by atoms with Gasteiger partial charge in [0.25, 0.3) is 0 Å². The van der Waals surface area contributed by atoms with E-state index in [2.05, 4.69) is 61.2 Å². The number of guanidine groups is 1. The van der Waals surface area contributed by atoms with Gasteiger partial charge in [-0.2, -0.15) is 0 Å². The van der Waals surface area contributed by atoms with Gasteiger partial charge in [0.1, 0.15) is 0 Å². The van der Waals surface area contributed by atoms with E-state index < -0.39 is 0 Å². The normalized spacial score (nSPS) is 15.3. The van der Waals surface area contributed by atoms with Crippen LogP contribution >= 0.6 is 24.0 Å². The molecule has 29 heavy (non-hydrogen) atoms. The number of halogens is 1. The number of aliphatic imine (C=N–C) groups is 1. The molecule has 0 radical (unpaired) electrons. The van der Waals surface area contributed by atoms with Gasteiger partial charge in [-0.25, -0.2) is 0 Å². The van der Waals surface area contributed by atoms with Crippen LogP contribution in [0.4, 0.5) is 5.69 Å². The van der Waals surface area contributed by atoms with Gasteiger partial charge in [-0.1, -0.05) is 30.3 Å². The Morgan fingerprint density at radius 2 is 1.93 bits per heavy atom. The zero-order chi connectivity index (χ0) is 19.6. The lowest BCUT2D eigenvalue weighted by Gasteiger charge is -2.33. The third-order valence-corrected chi connectivity index (χ3v) is 4.76. The Bertz CT molecular complexity index is 763. The number of pyridine rings is 1. The molecule has 0 saturated carbocycles. The summed E-state index contributed by atoms with van der Waals surface area (Å²) >= 11 is 0. The first kappa shape index (κ1) is 23.1. The van der Waals surface area contributed by atoms with Crippen LogP contribution in [0.3, 0.4) is 0 Å². The number of carbonyl (C=O) groups excluding carboxylic acids is 1. The topological polar surface area (TPSA) is 81.6 Å². The third-order valence-electron chi connectivity index (χ3n) is 4.76. The fourth-order valence-corrected chi connectivity index (χ4v) is 3.27. The molecule has 1 aromatic heterocycles. The molecule has 0 aliphatic carbocycles. The van der Waals surface area contributed by atoms with Crippen LogP contribution in [0.15, 0.2) is 59.9 Å². The Hall–Kier alpha value is -2.20. The summed E-state index contributed by atoms with van der Waals surface area (Å²) in [5.74, 6) is 0.525. The molecule has 0 atom stereocenters. The number of anilines is 1. The molecule has 1 amide bonds. The lowest BCUT2D eigenvalue weighted by atomic mass is 10.0. The van der Waals surface area contributed by atoms with Crippen molar-refractivity contribution in [2.75, 3.05) is 32.0 Å².